The number of hydrogen-bond donors (Lipinski definition) is 1. The van der Waals surface area contributed by atoms with Gasteiger partial charge in [0, 0.05) is 50.6 Å². The molecule has 0 unspecified atom stereocenters. The minimum atomic E-state index is -0.0906. The fourth-order valence-corrected chi connectivity index (χ4v) is 3.67. The lowest BCUT2D eigenvalue weighted by atomic mass is 10.1. The van der Waals surface area contributed by atoms with Crippen molar-refractivity contribution in [3.05, 3.63) is 89.0 Å². The zero-order valence-electron chi connectivity index (χ0n) is 17.2. The molecule has 0 spiro atoms. The van der Waals surface area contributed by atoms with E-state index in [0.717, 1.165) is 42.0 Å². The van der Waals surface area contributed by atoms with Crippen molar-refractivity contribution in [2.75, 3.05) is 6.54 Å². The molecule has 1 N–H and O–H groups in total. The smallest absolute Gasteiger partial charge is 0.251 e. The van der Waals surface area contributed by atoms with E-state index in [2.05, 4.69) is 14.9 Å². The van der Waals surface area contributed by atoms with Gasteiger partial charge < -0.3 is 14.8 Å². The van der Waals surface area contributed by atoms with Crippen LogP contribution >= 0.6 is 0 Å². The molecule has 6 nitrogen and oxygen atoms in total. The SMILES string of the molecule is Cc1nccn1Cc1ccc(C(=O)NCc2ccc(CN3CCCC3=O)cc2)cc1. The van der Waals surface area contributed by atoms with E-state index in [0.29, 0.717) is 25.1 Å². The van der Waals surface area contributed by atoms with E-state index in [1.165, 1.54) is 0 Å². The van der Waals surface area contributed by atoms with E-state index >= 15 is 0 Å². The third-order valence-electron chi connectivity index (χ3n) is 5.51. The highest BCUT2D eigenvalue weighted by Gasteiger charge is 2.19. The molecule has 2 heterocycles. The molecule has 4 rings (SSSR count). The van der Waals surface area contributed by atoms with Crippen LogP contribution in [0.1, 0.15) is 45.7 Å². The third-order valence-corrected chi connectivity index (χ3v) is 5.51. The number of rotatable bonds is 7. The molecule has 2 aromatic carbocycles. The Hall–Kier alpha value is -3.41. The molecule has 1 aromatic heterocycles. The molecule has 0 aliphatic carbocycles. The molecule has 0 saturated carbocycles. The lowest BCUT2D eigenvalue weighted by Gasteiger charge is -2.15. The number of amides is 2. The number of carbonyl (C=O) groups is 2. The van der Waals surface area contributed by atoms with Gasteiger partial charge in [0.25, 0.3) is 5.91 Å². The van der Waals surface area contributed by atoms with E-state index in [9.17, 15) is 9.59 Å². The van der Waals surface area contributed by atoms with Crippen LogP contribution in [0.5, 0.6) is 0 Å². The van der Waals surface area contributed by atoms with E-state index in [-0.39, 0.29) is 11.8 Å². The second-order valence-electron chi connectivity index (χ2n) is 7.72. The summed E-state index contributed by atoms with van der Waals surface area (Å²) in [6.07, 6.45) is 5.35. The van der Waals surface area contributed by atoms with Crippen LogP contribution in [0.25, 0.3) is 0 Å². The van der Waals surface area contributed by atoms with Crippen molar-refractivity contribution in [1.82, 2.24) is 19.8 Å². The highest BCUT2D eigenvalue weighted by molar-refractivity contribution is 5.94. The number of nitrogens with one attached hydrogen (secondary N) is 1. The molecule has 1 aliphatic rings. The van der Waals surface area contributed by atoms with Gasteiger partial charge in [0.05, 0.1) is 0 Å². The van der Waals surface area contributed by atoms with E-state index in [1.807, 2.05) is 66.6 Å². The lowest BCUT2D eigenvalue weighted by molar-refractivity contribution is -0.128. The number of nitrogens with zero attached hydrogens (tertiary/aromatic N) is 3. The largest absolute Gasteiger partial charge is 0.348 e. The predicted molar refractivity (Wildman–Crippen MR) is 115 cm³/mol. The van der Waals surface area contributed by atoms with Crippen molar-refractivity contribution in [3.8, 4) is 0 Å². The molecular weight excluding hydrogens is 376 g/mol. The first kappa shape index (κ1) is 19.9. The Morgan fingerprint density at radius 2 is 1.67 bits per heavy atom. The summed E-state index contributed by atoms with van der Waals surface area (Å²) in [7, 11) is 0. The molecule has 154 valence electrons. The second kappa shape index (κ2) is 8.95. The summed E-state index contributed by atoms with van der Waals surface area (Å²) in [5, 5.41) is 2.97. The van der Waals surface area contributed by atoms with Crippen LogP contribution in [0.2, 0.25) is 0 Å². The molecule has 1 fully saturated rings. The fraction of sp³-hybridized carbons (Fsp3) is 0.292. The molecule has 0 atom stereocenters. The van der Waals surface area contributed by atoms with Crippen molar-refractivity contribution in [2.45, 2.75) is 39.4 Å². The monoisotopic (exact) mass is 402 g/mol. The van der Waals surface area contributed by atoms with Crippen LogP contribution < -0.4 is 5.32 Å². The summed E-state index contributed by atoms with van der Waals surface area (Å²) in [6, 6.07) is 15.7. The standard InChI is InChI=1S/C24H26N4O2/c1-18-25-12-14-27(18)16-21-8-10-22(11-9-21)24(30)26-15-19-4-6-20(7-5-19)17-28-13-2-3-23(28)29/h4-12,14H,2-3,13,15-17H2,1H3,(H,26,30). The molecule has 0 radical (unpaired) electrons. The first-order valence-corrected chi connectivity index (χ1v) is 10.3. The van der Waals surface area contributed by atoms with Gasteiger partial charge in [0.15, 0.2) is 0 Å². The van der Waals surface area contributed by atoms with E-state index < -0.39 is 0 Å². The minimum absolute atomic E-state index is 0.0906. The van der Waals surface area contributed by atoms with Crippen LogP contribution in [-0.2, 0) is 24.4 Å². The maximum Gasteiger partial charge on any atom is 0.251 e. The first-order chi connectivity index (χ1) is 14.6. The molecule has 30 heavy (non-hydrogen) atoms. The maximum absolute atomic E-state index is 12.5. The normalized spacial score (nSPS) is 13.6. The predicted octanol–water partition coefficient (Wildman–Crippen LogP) is 3.29. The van der Waals surface area contributed by atoms with E-state index in [1.54, 1.807) is 6.20 Å². The number of hydrogen-bond acceptors (Lipinski definition) is 3. The van der Waals surface area contributed by atoms with Gasteiger partial charge in [-0.2, -0.15) is 0 Å². The summed E-state index contributed by atoms with van der Waals surface area (Å²) in [5.74, 6) is 1.11. The number of aromatic nitrogens is 2. The summed E-state index contributed by atoms with van der Waals surface area (Å²) >= 11 is 0. The minimum Gasteiger partial charge on any atom is -0.348 e. The van der Waals surface area contributed by atoms with Gasteiger partial charge in [-0.1, -0.05) is 36.4 Å². The molecule has 0 bridgehead atoms. The van der Waals surface area contributed by atoms with Crippen LogP contribution in [0.15, 0.2) is 60.9 Å². The second-order valence-corrected chi connectivity index (χ2v) is 7.72. The Bertz CT molecular complexity index is 1020. The van der Waals surface area contributed by atoms with Crippen molar-refractivity contribution in [2.24, 2.45) is 0 Å². The van der Waals surface area contributed by atoms with Crippen molar-refractivity contribution in [3.63, 3.8) is 0 Å². The zero-order valence-corrected chi connectivity index (χ0v) is 17.2. The van der Waals surface area contributed by atoms with Crippen LogP contribution in [0.3, 0.4) is 0 Å². The fourth-order valence-electron chi connectivity index (χ4n) is 3.67. The number of likely N-dealkylation sites (tertiary alicyclic amines) is 1. The average Bonchev–Trinajstić information content (AvgIpc) is 3.35. The maximum atomic E-state index is 12.5. The molecule has 1 saturated heterocycles. The van der Waals surface area contributed by atoms with Gasteiger partial charge in [-0.15, -0.1) is 0 Å². The number of benzene rings is 2. The number of imidazole rings is 1. The van der Waals surface area contributed by atoms with Crippen molar-refractivity contribution >= 4 is 11.8 Å². The third kappa shape index (κ3) is 4.76. The molecule has 6 heteroatoms. The molecule has 1 aliphatic heterocycles. The van der Waals surface area contributed by atoms with Gasteiger partial charge in [-0.3, -0.25) is 9.59 Å². The highest BCUT2D eigenvalue weighted by Crippen LogP contribution is 2.15. The van der Waals surface area contributed by atoms with Gasteiger partial charge in [-0.05, 0) is 42.2 Å². The molecule has 2 amide bonds. The summed E-state index contributed by atoms with van der Waals surface area (Å²) < 4.78 is 2.07. The molecule has 3 aromatic rings. The first-order valence-electron chi connectivity index (χ1n) is 10.3. The Morgan fingerprint density at radius 1 is 1.00 bits per heavy atom. The summed E-state index contributed by atoms with van der Waals surface area (Å²) in [6.45, 7) is 4.69. The zero-order chi connectivity index (χ0) is 20.9. The van der Waals surface area contributed by atoms with Crippen LogP contribution in [0, 0.1) is 6.92 Å². The molecular formula is C24H26N4O2. The van der Waals surface area contributed by atoms with Gasteiger partial charge in [0.1, 0.15) is 5.82 Å². The van der Waals surface area contributed by atoms with E-state index in [4.69, 9.17) is 0 Å². The average molecular weight is 402 g/mol. The quantitative estimate of drug-likeness (QED) is 0.659. The Kier molecular flexibility index (Phi) is 5.93. The summed E-state index contributed by atoms with van der Waals surface area (Å²) in [5.41, 5.74) is 3.92. The Morgan fingerprint density at radius 3 is 2.30 bits per heavy atom. The van der Waals surface area contributed by atoms with Gasteiger partial charge in [0.2, 0.25) is 5.91 Å². The van der Waals surface area contributed by atoms with Crippen molar-refractivity contribution in [1.29, 1.82) is 0 Å². The number of carbonyl (C=O) groups excluding carboxylic acids is 2. The highest BCUT2D eigenvalue weighted by atomic mass is 16.2. The van der Waals surface area contributed by atoms with Gasteiger partial charge in [-0.25, -0.2) is 4.98 Å². The van der Waals surface area contributed by atoms with Crippen molar-refractivity contribution < 1.29 is 9.59 Å². The lowest BCUT2D eigenvalue weighted by Crippen LogP contribution is -2.24. The van der Waals surface area contributed by atoms with Gasteiger partial charge >= 0.3 is 0 Å². The number of aryl methyl sites for hydroxylation is 1. The topological polar surface area (TPSA) is 67.2 Å². The van der Waals surface area contributed by atoms with Crippen LogP contribution in [0.4, 0.5) is 0 Å². The summed E-state index contributed by atoms with van der Waals surface area (Å²) in [4.78, 5) is 30.3. The Balaban J connectivity index is 1.28. The Labute approximate surface area is 176 Å². The van der Waals surface area contributed by atoms with Crippen LogP contribution in [-0.4, -0.2) is 32.8 Å².